The van der Waals surface area contributed by atoms with Gasteiger partial charge in [-0.15, -0.1) is 0 Å². The van der Waals surface area contributed by atoms with Gasteiger partial charge in [-0.3, -0.25) is 4.68 Å². The highest BCUT2D eigenvalue weighted by Crippen LogP contribution is 2.22. The van der Waals surface area contributed by atoms with Crippen LogP contribution in [0, 0.1) is 5.82 Å². The Kier molecular flexibility index (Phi) is 3.94. The Morgan fingerprint density at radius 1 is 1.37 bits per heavy atom. The summed E-state index contributed by atoms with van der Waals surface area (Å²) >= 11 is 0. The second-order valence-electron chi connectivity index (χ2n) is 4.32. The third kappa shape index (κ3) is 2.99. The molecule has 0 radical (unpaired) electrons. The Bertz CT molecular complexity index is 576. The van der Waals surface area contributed by atoms with Crippen LogP contribution in [-0.4, -0.2) is 20.9 Å². The van der Waals surface area contributed by atoms with E-state index in [0.29, 0.717) is 17.8 Å². The molecule has 2 aromatic rings. The number of aromatic nitrogens is 2. The average molecular weight is 262 g/mol. The normalized spacial score (nSPS) is 10.6. The second kappa shape index (κ2) is 5.65. The molecular weight excluding hydrogens is 247 g/mol. The molecule has 1 N–H and O–H groups in total. The van der Waals surface area contributed by atoms with Crippen molar-refractivity contribution in [3.05, 3.63) is 41.8 Å². The molecule has 0 bridgehead atoms. The zero-order valence-electron chi connectivity index (χ0n) is 10.6. The average Bonchev–Trinajstić information content (AvgIpc) is 2.81. The predicted octanol–water partition coefficient (Wildman–Crippen LogP) is 3.19. The molecule has 2 rings (SSSR count). The fraction of sp³-hybridized carbons (Fsp3) is 0.286. The number of nitrogens with zero attached hydrogens (tertiary/aromatic N) is 2. The number of carbonyl (C=O) groups is 1. The number of aryl methyl sites for hydroxylation is 1. The van der Waals surface area contributed by atoms with Crippen LogP contribution in [0.4, 0.5) is 4.39 Å². The van der Waals surface area contributed by atoms with Gasteiger partial charge in [-0.05, 0) is 30.7 Å². The Balaban J connectivity index is 2.39. The number of unbranched alkanes of at least 4 members (excludes halogenated alkanes) is 1. The Labute approximate surface area is 110 Å². The summed E-state index contributed by atoms with van der Waals surface area (Å²) in [6.07, 6.45) is 3.47. The maximum absolute atomic E-state index is 12.9. The summed E-state index contributed by atoms with van der Waals surface area (Å²) in [5.74, 6) is -1.38. The standard InChI is InChI=1S/C14H15FN2O2/c1-2-3-8-17-9-12(14(18)19)13(16-17)10-4-6-11(15)7-5-10/h4-7,9H,2-3,8H2,1H3,(H,18,19). The van der Waals surface area contributed by atoms with Crippen molar-refractivity contribution in [1.82, 2.24) is 9.78 Å². The van der Waals surface area contributed by atoms with Gasteiger partial charge in [-0.25, -0.2) is 9.18 Å². The van der Waals surface area contributed by atoms with Crippen molar-refractivity contribution >= 4 is 5.97 Å². The summed E-state index contributed by atoms with van der Waals surface area (Å²) in [4.78, 5) is 11.2. The van der Waals surface area contributed by atoms with E-state index < -0.39 is 5.97 Å². The third-order valence-electron chi connectivity index (χ3n) is 2.85. The molecule has 0 aliphatic carbocycles. The highest BCUT2D eigenvalue weighted by atomic mass is 19.1. The molecule has 0 amide bonds. The lowest BCUT2D eigenvalue weighted by molar-refractivity contribution is 0.0697. The smallest absolute Gasteiger partial charge is 0.339 e. The molecule has 0 atom stereocenters. The molecule has 1 heterocycles. The zero-order chi connectivity index (χ0) is 13.8. The minimum Gasteiger partial charge on any atom is -0.478 e. The minimum atomic E-state index is -1.03. The molecular formula is C14H15FN2O2. The Morgan fingerprint density at radius 2 is 2.05 bits per heavy atom. The first-order valence-electron chi connectivity index (χ1n) is 6.18. The number of carboxylic acid groups (broad SMARTS) is 1. The fourth-order valence-electron chi connectivity index (χ4n) is 1.83. The monoisotopic (exact) mass is 262 g/mol. The van der Waals surface area contributed by atoms with Gasteiger partial charge in [-0.2, -0.15) is 5.10 Å². The SMILES string of the molecule is CCCCn1cc(C(=O)O)c(-c2ccc(F)cc2)n1. The van der Waals surface area contributed by atoms with Crippen LogP contribution in [0.25, 0.3) is 11.3 Å². The molecule has 0 spiro atoms. The first-order chi connectivity index (χ1) is 9.11. The first-order valence-corrected chi connectivity index (χ1v) is 6.18. The third-order valence-corrected chi connectivity index (χ3v) is 2.85. The molecule has 0 unspecified atom stereocenters. The van der Waals surface area contributed by atoms with Crippen LogP contribution in [0.5, 0.6) is 0 Å². The van der Waals surface area contributed by atoms with E-state index >= 15 is 0 Å². The molecule has 0 saturated carbocycles. The van der Waals surface area contributed by atoms with Gasteiger partial charge in [-0.1, -0.05) is 13.3 Å². The largest absolute Gasteiger partial charge is 0.478 e. The van der Waals surface area contributed by atoms with Gasteiger partial charge in [0.25, 0.3) is 0 Å². The van der Waals surface area contributed by atoms with Gasteiger partial charge < -0.3 is 5.11 Å². The minimum absolute atomic E-state index is 0.141. The van der Waals surface area contributed by atoms with Crippen LogP contribution in [-0.2, 0) is 6.54 Å². The molecule has 100 valence electrons. The summed E-state index contributed by atoms with van der Waals surface area (Å²) in [5, 5.41) is 13.5. The van der Waals surface area contributed by atoms with Crippen molar-refractivity contribution < 1.29 is 14.3 Å². The molecule has 0 saturated heterocycles. The number of rotatable bonds is 5. The van der Waals surface area contributed by atoms with E-state index in [0.717, 1.165) is 12.8 Å². The Morgan fingerprint density at radius 3 is 2.63 bits per heavy atom. The van der Waals surface area contributed by atoms with Crippen LogP contribution in [0.3, 0.4) is 0 Å². The maximum atomic E-state index is 12.9. The van der Waals surface area contributed by atoms with E-state index in [1.165, 1.54) is 30.5 Å². The van der Waals surface area contributed by atoms with Crippen molar-refractivity contribution in [3.8, 4) is 11.3 Å². The van der Waals surface area contributed by atoms with E-state index in [1.54, 1.807) is 4.68 Å². The lowest BCUT2D eigenvalue weighted by Gasteiger charge is -1.99. The number of aromatic carboxylic acids is 1. The quantitative estimate of drug-likeness (QED) is 0.900. The Hall–Kier alpha value is -2.17. The molecule has 5 heteroatoms. The van der Waals surface area contributed by atoms with Gasteiger partial charge in [0.1, 0.15) is 17.1 Å². The number of carboxylic acids is 1. The van der Waals surface area contributed by atoms with Gasteiger partial charge in [0, 0.05) is 18.3 Å². The van der Waals surface area contributed by atoms with E-state index in [-0.39, 0.29) is 11.4 Å². The molecule has 19 heavy (non-hydrogen) atoms. The van der Waals surface area contributed by atoms with Gasteiger partial charge in [0.05, 0.1) is 0 Å². The van der Waals surface area contributed by atoms with Crippen LogP contribution in [0.15, 0.2) is 30.5 Å². The van der Waals surface area contributed by atoms with Gasteiger partial charge >= 0.3 is 5.97 Å². The number of hydrogen-bond donors (Lipinski definition) is 1. The van der Waals surface area contributed by atoms with Crippen molar-refractivity contribution in [2.24, 2.45) is 0 Å². The van der Waals surface area contributed by atoms with Crippen LogP contribution in [0.2, 0.25) is 0 Å². The summed E-state index contributed by atoms with van der Waals surface area (Å²) < 4.78 is 14.5. The molecule has 0 fully saturated rings. The van der Waals surface area contributed by atoms with E-state index in [4.69, 9.17) is 0 Å². The van der Waals surface area contributed by atoms with Crippen molar-refractivity contribution in [3.63, 3.8) is 0 Å². The summed E-state index contributed by atoms with van der Waals surface area (Å²) in [5.41, 5.74) is 1.13. The van der Waals surface area contributed by atoms with E-state index in [2.05, 4.69) is 12.0 Å². The highest BCUT2D eigenvalue weighted by molar-refractivity contribution is 5.94. The van der Waals surface area contributed by atoms with Crippen LogP contribution in [0.1, 0.15) is 30.1 Å². The molecule has 1 aromatic heterocycles. The number of hydrogen-bond acceptors (Lipinski definition) is 2. The molecule has 0 aliphatic rings. The van der Waals surface area contributed by atoms with Gasteiger partial charge in [0.2, 0.25) is 0 Å². The highest BCUT2D eigenvalue weighted by Gasteiger charge is 2.16. The van der Waals surface area contributed by atoms with Crippen LogP contribution >= 0.6 is 0 Å². The zero-order valence-corrected chi connectivity index (χ0v) is 10.6. The molecule has 1 aromatic carbocycles. The summed E-state index contributed by atoms with van der Waals surface area (Å²) in [6.45, 7) is 2.74. The lowest BCUT2D eigenvalue weighted by atomic mass is 10.1. The fourth-order valence-corrected chi connectivity index (χ4v) is 1.83. The van der Waals surface area contributed by atoms with Gasteiger partial charge in [0.15, 0.2) is 0 Å². The van der Waals surface area contributed by atoms with Crippen molar-refractivity contribution in [2.45, 2.75) is 26.3 Å². The number of halogens is 1. The van der Waals surface area contributed by atoms with Crippen molar-refractivity contribution in [2.75, 3.05) is 0 Å². The topological polar surface area (TPSA) is 55.1 Å². The predicted molar refractivity (Wildman–Crippen MR) is 69.5 cm³/mol. The van der Waals surface area contributed by atoms with E-state index in [9.17, 15) is 14.3 Å². The van der Waals surface area contributed by atoms with Crippen molar-refractivity contribution in [1.29, 1.82) is 0 Å². The second-order valence-corrected chi connectivity index (χ2v) is 4.32. The molecule has 4 nitrogen and oxygen atoms in total. The summed E-state index contributed by atoms with van der Waals surface area (Å²) in [7, 11) is 0. The molecule has 0 aliphatic heterocycles. The van der Waals surface area contributed by atoms with E-state index in [1.807, 2.05) is 0 Å². The maximum Gasteiger partial charge on any atom is 0.339 e. The summed E-state index contributed by atoms with van der Waals surface area (Å²) in [6, 6.07) is 5.67. The lowest BCUT2D eigenvalue weighted by Crippen LogP contribution is -1.98. The first kappa shape index (κ1) is 13.3. The number of benzene rings is 1. The van der Waals surface area contributed by atoms with Crippen LogP contribution < -0.4 is 0 Å².